The Hall–Kier alpha value is -5.93. The van der Waals surface area contributed by atoms with Gasteiger partial charge in [0.05, 0.1) is 9.79 Å². The molecule has 0 atom stereocenters. The number of sulfone groups is 1. The first-order valence-electron chi connectivity index (χ1n) is 11.2. The summed E-state index contributed by atoms with van der Waals surface area (Å²) in [6.45, 7) is 0. The summed E-state index contributed by atoms with van der Waals surface area (Å²) < 4.78 is 24.7. The molecule has 0 saturated carbocycles. The fourth-order valence-electron chi connectivity index (χ4n) is 3.32. The largest absolute Gasteiger partial charge is 0.219 e. The van der Waals surface area contributed by atoms with E-state index < -0.39 is 9.84 Å². The zero-order valence-corrected chi connectivity index (χ0v) is 21.4. The number of hydrogen-bond donors (Lipinski definition) is 0. The van der Waals surface area contributed by atoms with Crippen molar-refractivity contribution in [3.8, 4) is 0 Å². The Morgan fingerprint density at radius 3 is 0.950 bits per heavy atom. The highest BCUT2D eigenvalue weighted by atomic mass is 32.2. The zero-order chi connectivity index (χ0) is 28.8. The Kier molecular flexibility index (Phi) is 10.1. The summed E-state index contributed by atoms with van der Waals surface area (Å²) >= 11 is 0. The predicted octanol–water partition coefficient (Wildman–Crippen LogP) is 9.56. The van der Waals surface area contributed by atoms with Crippen LogP contribution < -0.4 is 0 Å². The standard InChI is InChI=1S/C13H10N6.C12H8N6O2S/c14-18-16-12-5-1-10(2-6-12)9-11-3-7-13(8-4-11)17-19-15;13-17-15-9-1-5-11(6-2-9)21(19,20)12-7-3-10(4-8-12)16-18-14/h1-8H,9H2;1-8H. The molecular formula is C25H18N12O2S. The van der Waals surface area contributed by atoms with E-state index in [0.29, 0.717) is 22.7 Å². The summed E-state index contributed by atoms with van der Waals surface area (Å²) in [5.41, 5.74) is 37.3. The second-order valence-electron chi connectivity index (χ2n) is 7.76. The lowest BCUT2D eigenvalue weighted by molar-refractivity contribution is 0.596. The molecule has 0 radical (unpaired) electrons. The van der Waals surface area contributed by atoms with Gasteiger partial charge >= 0.3 is 0 Å². The van der Waals surface area contributed by atoms with Crippen LogP contribution in [0.15, 0.2) is 127 Å². The van der Waals surface area contributed by atoms with Crippen LogP contribution in [-0.2, 0) is 16.3 Å². The van der Waals surface area contributed by atoms with E-state index in [1.807, 2.05) is 24.3 Å². The fourth-order valence-corrected chi connectivity index (χ4v) is 4.58. The van der Waals surface area contributed by atoms with Crippen molar-refractivity contribution in [1.82, 2.24) is 0 Å². The van der Waals surface area contributed by atoms with E-state index in [-0.39, 0.29) is 9.79 Å². The van der Waals surface area contributed by atoms with Crippen LogP contribution in [0.2, 0.25) is 0 Å². The van der Waals surface area contributed by atoms with Crippen molar-refractivity contribution >= 4 is 32.6 Å². The van der Waals surface area contributed by atoms with Gasteiger partial charge in [-0.15, -0.1) is 0 Å². The van der Waals surface area contributed by atoms with Crippen molar-refractivity contribution in [2.45, 2.75) is 16.2 Å². The minimum Gasteiger partial charge on any atom is -0.219 e. The third kappa shape index (κ3) is 8.04. The molecule has 4 aromatic rings. The third-order valence-corrected chi connectivity index (χ3v) is 7.00. The second kappa shape index (κ2) is 14.1. The Labute approximate surface area is 227 Å². The van der Waals surface area contributed by atoms with Gasteiger partial charge in [0.25, 0.3) is 0 Å². The molecule has 0 amide bonds. The van der Waals surface area contributed by atoms with E-state index in [2.05, 4.69) is 40.1 Å². The summed E-state index contributed by atoms with van der Waals surface area (Å²) in [4.78, 5) is 10.9. The quantitative estimate of drug-likeness (QED) is 0.118. The highest BCUT2D eigenvalue weighted by molar-refractivity contribution is 7.91. The van der Waals surface area contributed by atoms with Gasteiger partial charge < -0.3 is 0 Å². The molecule has 196 valence electrons. The van der Waals surface area contributed by atoms with Gasteiger partial charge in [-0.3, -0.25) is 0 Å². The van der Waals surface area contributed by atoms with Gasteiger partial charge in [-0.05, 0) is 63.9 Å². The summed E-state index contributed by atoms with van der Waals surface area (Å²) in [6, 6.07) is 25.9. The first-order chi connectivity index (χ1) is 19.4. The number of azide groups is 4. The molecule has 0 aliphatic carbocycles. The fraction of sp³-hybridized carbons (Fsp3) is 0.0400. The number of rotatable bonds is 8. The molecule has 0 bridgehead atoms. The topological polar surface area (TPSA) is 229 Å². The van der Waals surface area contributed by atoms with Crippen LogP contribution in [0.25, 0.3) is 41.8 Å². The molecule has 0 spiro atoms. The summed E-state index contributed by atoms with van der Waals surface area (Å²) in [5.74, 6) is 0. The van der Waals surface area contributed by atoms with Crippen molar-refractivity contribution in [2.75, 3.05) is 0 Å². The molecule has 40 heavy (non-hydrogen) atoms. The van der Waals surface area contributed by atoms with E-state index in [4.69, 9.17) is 22.1 Å². The van der Waals surface area contributed by atoms with Gasteiger partial charge in [0.15, 0.2) is 0 Å². The van der Waals surface area contributed by atoms with Gasteiger partial charge in [0.2, 0.25) is 9.84 Å². The van der Waals surface area contributed by atoms with Crippen molar-refractivity contribution in [2.24, 2.45) is 20.5 Å². The monoisotopic (exact) mass is 550 g/mol. The lowest BCUT2D eigenvalue weighted by Crippen LogP contribution is -2.01. The number of hydrogen-bond acceptors (Lipinski definition) is 6. The molecule has 4 rings (SSSR count). The molecule has 0 fully saturated rings. The zero-order valence-electron chi connectivity index (χ0n) is 20.5. The smallest absolute Gasteiger partial charge is 0.206 e. The van der Waals surface area contributed by atoms with Crippen LogP contribution in [0.5, 0.6) is 0 Å². The van der Waals surface area contributed by atoms with E-state index >= 15 is 0 Å². The van der Waals surface area contributed by atoms with Crippen molar-refractivity contribution in [3.63, 3.8) is 0 Å². The SMILES string of the molecule is [N-]=[N+]=Nc1ccc(Cc2ccc(N=[N+]=[N-])cc2)cc1.[N-]=[N+]=Nc1ccc(S(=O)(=O)c2ccc(N=[N+]=[N-])cc2)cc1. The molecule has 4 aromatic carbocycles. The molecule has 0 aliphatic rings. The summed E-state index contributed by atoms with van der Waals surface area (Å²) in [6.07, 6.45) is 0.771. The molecule has 0 aliphatic heterocycles. The third-order valence-electron chi connectivity index (χ3n) is 5.22. The average molecular weight is 551 g/mol. The predicted molar refractivity (Wildman–Crippen MR) is 149 cm³/mol. The molecule has 0 aromatic heterocycles. The number of nitrogens with zero attached hydrogens (tertiary/aromatic N) is 12. The molecular weight excluding hydrogens is 532 g/mol. The van der Waals surface area contributed by atoms with Crippen LogP contribution in [0, 0.1) is 0 Å². The van der Waals surface area contributed by atoms with Gasteiger partial charge in [-0.2, -0.15) is 0 Å². The highest BCUT2D eigenvalue weighted by Crippen LogP contribution is 2.25. The second-order valence-corrected chi connectivity index (χ2v) is 9.71. The van der Waals surface area contributed by atoms with Gasteiger partial charge in [0, 0.05) is 42.4 Å². The lowest BCUT2D eigenvalue weighted by atomic mass is 10.0. The van der Waals surface area contributed by atoms with E-state index in [0.717, 1.165) is 17.5 Å². The van der Waals surface area contributed by atoms with Crippen LogP contribution in [0.1, 0.15) is 11.1 Å². The maximum absolute atomic E-state index is 12.4. The molecule has 0 unspecified atom stereocenters. The average Bonchev–Trinajstić information content (AvgIpc) is 2.97. The van der Waals surface area contributed by atoms with E-state index in [9.17, 15) is 8.42 Å². The normalized spacial score (nSPS) is 9.80. The van der Waals surface area contributed by atoms with E-state index in [1.54, 1.807) is 24.3 Å². The molecule has 15 heteroatoms. The maximum atomic E-state index is 12.4. The maximum Gasteiger partial charge on any atom is 0.206 e. The van der Waals surface area contributed by atoms with Gasteiger partial charge in [-0.25, -0.2) is 8.42 Å². The summed E-state index contributed by atoms with van der Waals surface area (Å²) in [5, 5.41) is 13.8. The van der Waals surface area contributed by atoms with Crippen molar-refractivity contribution in [3.05, 3.63) is 150 Å². The molecule has 0 heterocycles. The Morgan fingerprint density at radius 2 is 0.700 bits per heavy atom. The van der Waals surface area contributed by atoms with E-state index in [1.165, 1.54) is 48.5 Å². The van der Waals surface area contributed by atoms with Crippen molar-refractivity contribution < 1.29 is 8.42 Å². The molecule has 0 N–H and O–H groups in total. The van der Waals surface area contributed by atoms with Crippen LogP contribution in [-0.4, -0.2) is 8.42 Å². The first-order valence-corrected chi connectivity index (χ1v) is 12.7. The first kappa shape index (κ1) is 28.6. The molecule has 14 nitrogen and oxygen atoms in total. The van der Waals surface area contributed by atoms with Crippen LogP contribution >= 0.6 is 0 Å². The minimum atomic E-state index is -3.67. The Bertz CT molecular complexity index is 1640. The Morgan fingerprint density at radius 1 is 0.450 bits per heavy atom. The number of benzene rings is 4. The Balaban J connectivity index is 0.000000222. The summed E-state index contributed by atoms with van der Waals surface area (Å²) in [7, 11) is -3.67. The molecule has 0 saturated heterocycles. The lowest BCUT2D eigenvalue weighted by Gasteiger charge is -2.05. The van der Waals surface area contributed by atoms with Crippen LogP contribution in [0.3, 0.4) is 0 Å². The highest BCUT2D eigenvalue weighted by Gasteiger charge is 2.17. The van der Waals surface area contributed by atoms with Crippen LogP contribution in [0.4, 0.5) is 22.7 Å². The minimum absolute atomic E-state index is 0.0796. The van der Waals surface area contributed by atoms with Crippen molar-refractivity contribution in [1.29, 1.82) is 0 Å². The van der Waals surface area contributed by atoms with Gasteiger partial charge in [0.1, 0.15) is 0 Å². The van der Waals surface area contributed by atoms with Gasteiger partial charge in [-0.1, -0.05) is 93.3 Å².